The third-order valence-electron chi connectivity index (χ3n) is 3.60. The average molecular weight is 309 g/mol. The summed E-state index contributed by atoms with van der Waals surface area (Å²) in [6.07, 6.45) is 12.2. The van der Waals surface area contributed by atoms with E-state index in [-0.39, 0.29) is 6.42 Å². The first kappa shape index (κ1) is 18.2. The summed E-state index contributed by atoms with van der Waals surface area (Å²) in [6.45, 7) is 2.87. The van der Waals surface area contributed by atoms with Crippen LogP contribution in [-0.2, 0) is 16.2 Å². The Labute approximate surface area is 131 Å². The minimum absolute atomic E-state index is 0.126. The standard InChI is InChI=1S/C16H27N3O3/c1-2-3-4-5-7-14(12-19-11-10-18-13-19)15(22-17)8-6-9-16(20)21/h10-11,13H,2-9,12,17H2,1H3,(H,20,21). The lowest BCUT2D eigenvalue weighted by Crippen LogP contribution is -2.09. The molecular formula is C16H27N3O3. The Kier molecular flexibility index (Phi) is 8.98. The van der Waals surface area contributed by atoms with Crippen molar-refractivity contribution in [3.05, 3.63) is 30.1 Å². The van der Waals surface area contributed by atoms with Crippen LogP contribution in [0.15, 0.2) is 30.1 Å². The number of hydrogen-bond donors (Lipinski definition) is 2. The number of carbonyl (C=O) groups is 1. The molecule has 124 valence electrons. The van der Waals surface area contributed by atoms with Crippen LogP contribution in [-0.4, -0.2) is 20.6 Å². The lowest BCUT2D eigenvalue weighted by molar-refractivity contribution is -0.137. The van der Waals surface area contributed by atoms with Gasteiger partial charge in [0.05, 0.1) is 6.33 Å². The molecule has 1 rings (SSSR count). The molecule has 0 fully saturated rings. The Bertz CT molecular complexity index is 455. The minimum Gasteiger partial charge on any atom is -0.481 e. The van der Waals surface area contributed by atoms with E-state index in [0.29, 0.717) is 25.1 Å². The summed E-state index contributed by atoms with van der Waals surface area (Å²) in [5, 5.41) is 8.75. The van der Waals surface area contributed by atoms with Gasteiger partial charge in [-0.1, -0.05) is 26.2 Å². The summed E-state index contributed by atoms with van der Waals surface area (Å²) >= 11 is 0. The molecule has 0 bridgehead atoms. The normalized spacial score (nSPS) is 12.1. The predicted octanol–water partition coefficient (Wildman–Crippen LogP) is 3.25. The van der Waals surface area contributed by atoms with Crippen LogP contribution < -0.4 is 5.90 Å². The molecule has 3 N–H and O–H groups in total. The van der Waals surface area contributed by atoms with Gasteiger partial charge in [-0.3, -0.25) is 4.79 Å². The molecular weight excluding hydrogens is 282 g/mol. The molecule has 0 spiro atoms. The summed E-state index contributed by atoms with van der Waals surface area (Å²) in [4.78, 5) is 19.7. The average Bonchev–Trinajstić information content (AvgIpc) is 3.00. The van der Waals surface area contributed by atoms with E-state index in [4.69, 9.17) is 15.8 Å². The maximum Gasteiger partial charge on any atom is 0.303 e. The number of rotatable bonds is 12. The molecule has 0 amide bonds. The maximum atomic E-state index is 10.6. The summed E-state index contributed by atoms with van der Waals surface area (Å²) in [5.74, 6) is 5.34. The number of imidazole rings is 1. The van der Waals surface area contributed by atoms with E-state index < -0.39 is 5.97 Å². The third kappa shape index (κ3) is 7.26. The van der Waals surface area contributed by atoms with Crippen molar-refractivity contribution in [2.75, 3.05) is 0 Å². The van der Waals surface area contributed by atoms with Gasteiger partial charge in [0.25, 0.3) is 0 Å². The maximum absolute atomic E-state index is 10.6. The van der Waals surface area contributed by atoms with E-state index in [1.54, 1.807) is 12.5 Å². The lowest BCUT2D eigenvalue weighted by atomic mass is 10.0. The molecule has 0 radical (unpaired) electrons. The Morgan fingerprint density at radius 2 is 2.05 bits per heavy atom. The van der Waals surface area contributed by atoms with Crippen LogP contribution in [0.3, 0.4) is 0 Å². The Morgan fingerprint density at radius 1 is 1.23 bits per heavy atom. The van der Waals surface area contributed by atoms with Gasteiger partial charge in [-0.2, -0.15) is 5.90 Å². The van der Waals surface area contributed by atoms with Gasteiger partial charge in [-0.05, 0) is 24.8 Å². The van der Waals surface area contributed by atoms with E-state index in [1.165, 1.54) is 19.3 Å². The van der Waals surface area contributed by atoms with Crippen molar-refractivity contribution in [2.45, 2.75) is 64.8 Å². The molecule has 0 aromatic carbocycles. The quantitative estimate of drug-likeness (QED) is 0.351. The van der Waals surface area contributed by atoms with Crippen LogP contribution in [0.4, 0.5) is 0 Å². The van der Waals surface area contributed by atoms with Crippen LogP contribution >= 0.6 is 0 Å². The molecule has 0 saturated carbocycles. The van der Waals surface area contributed by atoms with Crippen LogP contribution in [0, 0.1) is 0 Å². The van der Waals surface area contributed by atoms with Crippen molar-refractivity contribution in [3.8, 4) is 0 Å². The van der Waals surface area contributed by atoms with E-state index in [2.05, 4.69) is 11.9 Å². The molecule has 0 unspecified atom stereocenters. The van der Waals surface area contributed by atoms with Crippen LogP contribution in [0.25, 0.3) is 0 Å². The zero-order valence-electron chi connectivity index (χ0n) is 13.3. The van der Waals surface area contributed by atoms with E-state index in [9.17, 15) is 4.79 Å². The van der Waals surface area contributed by atoms with Gasteiger partial charge in [0.1, 0.15) is 5.76 Å². The predicted molar refractivity (Wildman–Crippen MR) is 84.8 cm³/mol. The molecule has 22 heavy (non-hydrogen) atoms. The summed E-state index contributed by atoms with van der Waals surface area (Å²) in [6, 6.07) is 0. The number of carboxylic acids is 1. The highest BCUT2D eigenvalue weighted by molar-refractivity contribution is 5.66. The molecule has 0 aliphatic heterocycles. The summed E-state index contributed by atoms with van der Waals surface area (Å²) < 4.78 is 1.98. The number of aliphatic carboxylic acids is 1. The van der Waals surface area contributed by atoms with Gasteiger partial charge in [0, 0.05) is 31.8 Å². The van der Waals surface area contributed by atoms with Gasteiger partial charge < -0.3 is 14.5 Å². The van der Waals surface area contributed by atoms with Gasteiger partial charge in [0.2, 0.25) is 0 Å². The number of unbranched alkanes of at least 4 members (excludes halogenated alkanes) is 3. The van der Waals surface area contributed by atoms with Gasteiger partial charge in [-0.15, -0.1) is 0 Å². The Balaban J connectivity index is 2.68. The Hall–Kier alpha value is -1.82. The molecule has 1 aromatic heterocycles. The highest BCUT2D eigenvalue weighted by Gasteiger charge is 2.10. The van der Waals surface area contributed by atoms with E-state index >= 15 is 0 Å². The highest BCUT2D eigenvalue weighted by atomic mass is 16.6. The number of nitrogens with zero attached hydrogens (tertiary/aromatic N) is 2. The molecule has 0 saturated heterocycles. The van der Waals surface area contributed by atoms with Crippen molar-refractivity contribution in [3.63, 3.8) is 0 Å². The Morgan fingerprint density at radius 3 is 2.64 bits per heavy atom. The zero-order chi connectivity index (χ0) is 16.2. The van der Waals surface area contributed by atoms with Crippen LogP contribution in [0.2, 0.25) is 0 Å². The number of hydrogen-bond acceptors (Lipinski definition) is 4. The molecule has 6 heteroatoms. The molecule has 0 aliphatic rings. The second kappa shape index (κ2) is 10.8. The fourth-order valence-corrected chi connectivity index (χ4v) is 2.39. The monoisotopic (exact) mass is 309 g/mol. The first-order valence-corrected chi connectivity index (χ1v) is 7.92. The van der Waals surface area contributed by atoms with Gasteiger partial charge >= 0.3 is 5.97 Å². The SMILES string of the molecule is CCCCCCC(Cn1ccnc1)=C(CCCC(=O)O)ON. The first-order chi connectivity index (χ1) is 10.7. The number of nitrogens with two attached hydrogens (primary N) is 1. The molecule has 6 nitrogen and oxygen atoms in total. The number of aromatic nitrogens is 2. The van der Waals surface area contributed by atoms with Crippen molar-refractivity contribution < 1.29 is 14.7 Å². The lowest BCUT2D eigenvalue weighted by Gasteiger charge is -2.14. The van der Waals surface area contributed by atoms with Crippen molar-refractivity contribution >= 4 is 5.97 Å². The zero-order valence-corrected chi connectivity index (χ0v) is 13.3. The fraction of sp³-hybridized carbons (Fsp3) is 0.625. The second-order valence-electron chi connectivity index (χ2n) is 5.44. The minimum atomic E-state index is -0.796. The molecule has 1 heterocycles. The van der Waals surface area contributed by atoms with Crippen molar-refractivity contribution in [1.82, 2.24) is 9.55 Å². The van der Waals surface area contributed by atoms with Crippen molar-refractivity contribution in [2.24, 2.45) is 5.90 Å². The molecule has 0 atom stereocenters. The smallest absolute Gasteiger partial charge is 0.303 e. The summed E-state index contributed by atoms with van der Waals surface area (Å²) in [5.41, 5.74) is 1.13. The van der Waals surface area contributed by atoms with Crippen LogP contribution in [0.1, 0.15) is 58.3 Å². The highest BCUT2D eigenvalue weighted by Crippen LogP contribution is 2.20. The van der Waals surface area contributed by atoms with Crippen molar-refractivity contribution in [1.29, 1.82) is 0 Å². The van der Waals surface area contributed by atoms with Gasteiger partial charge in [0.15, 0.2) is 0 Å². The largest absolute Gasteiger partial charge is 0.481 e. The fourth-order valence-electron chi connectivity index (χ4n) is 2.39. The first-order valence-electron chi connectivity index (χ1n) is 7.92. The second-order valence-corrected chi connectivity index (χ2v) is 5.44. The van der Waals surface area contributed by atoms with Crippen LogP contribution in [0.5, 0.6) is 0 Å². The molecule has 1 aromatic rings. The topological polar surface area (TPSA) is 90.4 Å². The van der Waals surface area contributed by atoms with E-state index in [1.807, 2.05) is 10.8 Å². The van der Waals surface area contributed by atoms with E-state index in [0.717, 1.165) is 18.4 Å². The number of carboxylic acid groups (broad SMARTS) is 1. The molecule has 0 aliphatic carbocycles. The third-order valence-corrected chi connectivity index (χ3v) is 3.60. The summed E-state index contributed by atoms with van der Waals surface area (Å²) in [7, 11) is 0. The van der Waals surface area contributed by atoms with Gasteiger partial charge in [-0.25, -0.2) is 4.98 Å². The number of allylic oxidation sites excluding steroid dienone is 2.